The van der Waals surface area contributed by atoms with Crippen molar-refractivity contribution in [2.75, 3.05) is 0 Å². The number of hydrogen-bond acceptors (Lipinski definition) is 2. The van der Waals surface area contributed by atoms with Gasteiger partial charge in [-0.2, -0.15) is 0 Å². The van der Waals surface area contributed by atoms with Gasteiger partial charge in [0.1, 0.15) is 0 Å². The summed E-state index contributed by atoms with van der Waals surface area (Å²) in [5.41, 5.74) is 4.04. The minimum atomic E-state index is 0.930. The van der Waals surface area contributed by atoms with Crippen molar-refractivity contribution in [3.63, 3.8) is 0 Å². The zero-order valence-corrected chi connectivity index (χ0v) is 9.62. The van der Waals surface area contributed by atoms with Crippen molar-refractivity contribution in [2.24, 2.45) is 0 Å². The van der Waals surface area contributed by atoms with Crippen LogP contribution >= 0.6 is 0 Å². The predicted molar refractivity (Wildman–Crippen MR) is 71.3 cm³/mol. The predicted octanol–water partition coefficient (Wildman–Crippen LogP) is 3.79. The van der Waals surface area contributed by atoms with E-state index >= 15 is 0 Å². The molecule has 0 aliphatic heterocycles. The number of nitrogens with one attached hydrogen (secondary N) is 2. The summed E-state index contributed by atoms with van der Waals surface area (Å²) in [5.74, 6) is 0. The molecule has 0 aromatic heterocycles. The van der Waals surface area contributed by atoms with Gasteiger partial charge in [0.05, 0.1) is 0 Å². The summed E-state index contributed by atoms with van der Waals surface area (Å²) in [6, 6.07) is 8.04. The first-order chi connectivity index (χ1) is 7.65. The highest BCUT2D eigenvalue weighted by molar-refractivity contribution is 5.84. The molecule has 1 aromatic carbocycles. The minimum absolute atomic E-state index is 0.930. The van der Waals surface area contributed by atoms with Crippen molar-refractivity contribution in [2.45, 2.75) is 13.8 Å². The van der Waals surface area contributed by atoms with Gasteiger partial charge in [-0.15, -0.1) is 0 Å². The maximum absolute atomic E-state index is 7.09. The first-order valence-electron chi connectivity index (χ1n) is 5.13. The van der Waals surface area contributed by atoms with Crippen LogP contribution in [0, 0.1) is 10.8 Å². The van der Waals surface area contributed by atoms with Crippen LogP contribution in [0.15, 0.2) is 35.4 Å². The van der Waals surface area contributed by atoms with E-state index in [0.29, 0.717) is 0 Å². The van der Waals surface area contributed by atoms with Crippen LogP contribution in [-0.4, -0.2) is 12.4 Å². The maximum atomic E-state index is 7.09. The lowest BCUT2D eigenvalue weighted by molar-refractivity contribution is 1.50. The lowest BCUT2D eigenvalue weighted by Crippen LogP contribution is -1.80. The largest absolute Gasteiger partial charge is 0.308 e. The minimum Gasteiger partial charge on any atom is -0.308 e. The molecule has 0 aliphatic carbocycles. The molecule has 82 valence electrons. The highest BCUT2D eigenvalue weighted by Gasteiger charge is 1.91. The fourth-order valence-corrected chi connectivity index (χ4v) is 1.30. The molecular weight excluding hydrogens is 196 g/mol. The molecule has 0 atom stereocenters. The molecule has 2 N–H and O–H groups in total. The second kappa shape index (κ2) is 5.81. The van der Waals surface area contributed by atoms with Gasteiger partial charge in [-0.05, 0) is 36.1 Å². The van der Waals surface area contributed by atoms with E-state index in [4.69, 9.17) is 10.8 Å². The van der Waals surface area contributed by atoms with Crippen molar-refractivity contribution < 1.29 is 0 Å². The second-order valence-electron chi connectivity index (χ2n) is 3.73. The summed E-state index contributed by atoms with van der Waals surface area (Å²) in [7, 11) is 0. The molecule has 0 heterocycles. The lowest BCUT2D eigenvalue weighted by atomic mass is 10.1. The van der Waals surface area contributed by atoms with Crippen LogP contribution in [0.5, 0.6) is 0 Å². The number of rotatable bonds is 4. The van der Waals surface area contributed by atoms with Crippen LogP contribution < -0.4 is 0 Å². The third-order valence-electron chi connectivity index (χ3n) is 2.18. The van der Waals surface area contributed by atoms with Gasteiger partial charge >= 0.3 is 0 Å². The van der Waals surface area contributed by atoms with Gasteiger partial charge in [0, 0.05) is 12.4 Å². The molecule has 0 saturated carbocycles. The number of allylic oxidation sites excluding steroid dienone is 2. The van der Waals surface area contributed by atoms with Crippen LogP contribution in [0.4, 0.5) is 0 Å². The molecule has 0 amide bonds. The molecule has 0 aliphatic rings. The van der Waals surface area contributed by atoms with Crippen LogP contribution in [0.2, 0.25) is 0 Å². The average Bonchev–Trinajstić information content (AvgIpc) is 2.31. The van der Waals surface area contributed by atoms with Gasteiger partial charge in [-0.25, -0.2) is 0 Å². The molecule has 0 fully saturated rings. The monoisotopic (exact) mass is 212 g/mol. The Morgan fingerprint density at radius 2 is 1.12 bits per heavy atom. The smallest absolute Gasteiger partial charge is 0.0207 e. The maximum Gasteiger partial charge on any atom is 0.0207 e. The summed E-state index contributed by atoms with van der Waals surface area (Å²) >= 11 is 0. The van der Waals surface area contributed by atoms with Crippen molar-refractivity contribution in [1.82, 2.24) is 0 Å². The van der Waals surface area contributed by atoms with E-state index in [1.807, 2.05) is 50.3 Å². The Morgan fingerprint density at radius 1 is 0.812 bits per heavy atom. The molecule has 0 spiro atoms. The molecule has 16 heavy (non-hydrogen) atoms. The third-order valence-corrected chi connectivity index (χ3v) is 2.18. The summed E-state index contributed by atoms with van der Waals surface area (Å²) in [5, 5.41) is 14.2. The van der Waals surface area contributed by atoms with Crippen molar-refractivity contribution in [3.05, 3.63) is 46.5 Å². The van der Waals surface area contributed by atoms with Gasteiger partial charge in [-0.1, -0.05) is 36.4 Å². The number of hydrogen-bond donors (Lipinski definition) is 2. The molecule has 0 radical (unpaired) electrons. The van der Waals surface area contributed by atoms with Crippen LogP contribution in [0.3, 0.4) is 0 Å². The summed E-state index contributed by atoms with van der Waals surface area (Å²) in [6.07, 6.45) is 6.61. The highest BCUT2D eigenvalue weighted by atomic mass is 14.3. The summed E-state index contributed by atoms with van der Waals surface area (Å²) in [4.78, 5) is 0. The zero-order valence-electron chi connectivity index (χ0n) is 9.62. The zero-order chi connectivity index (χ0) is 12.0. The molecule has 2 heteroatoms. The van der Waals surface area contributed by atoms with E-state index in [1.165, 1.54) is 12.4 Å². The van der Waals surface area contributed by atoms with Crippen LogP contribution in [0.1, 0.15) is 25.0 Å². The second-order valence-corrected chi connectivity index (χ2v) is 3.73. The fraction of sp³-hybridized carbons (Fsp3) is 0.143. The SMILES string of the molecule is C/C(C=N)=C\c1ccc(/C=C(\C)C=N)cc1. The Bertz CT molecular complexity index is 393. The molecule has 2 nitrogen and oxygen atoms in total. The number of benzene rings is 1. The Hall–Kier alpha value is -1.96. The molecule has 0 saturated heterocycles. The third kappa shape index (κ3) is 3.65. The fourth-order valence-electron chi connectivity index (χ4n) is 1.30. The van der Waals surface area contributed by atoms with Crippen LogP contribution in [0.25, 0.3) is 12.2 Å². The Labute approximate surface area is 96.3 Å². The lowest BCUT2D eigenvalue weighted by Gasteiger charge is -1.98. The van der Waals surface area contributed by atoms with Gasteiger partial charge in [0.15, 0.2) is 0 Å². The van der Waals surface area contributed by atoms with Crippen molar-refractivity contribution >= 4 is 24.6 Å². The quantitative estimate of drug-likeness (QED) is 0.713. The van der Waals surface area contributed by atoms with Crippen molar-refractivity contribution in [3.8, 4) is 0 Å². The van der Waals surface area contributed by atoms with Gasteiger partial charge < -0.3 is 10.8 Å². The Morgan fingerprint density at radius 3 is 1.38 bits per heavy atom. The van der Waals surface area contributed by atoms with Gasteiger partial charge in [0.25, 0.3) is 0 Å². The molecule has 1 rings (SSSR count). The molecule has 0 bridgehead atoms. The van der Waals surface area contributed by atoms with E-state index in [2.05, 4.69) is 0 Å². The Kier molecular flexibility index (Phi) is 4.40. The average molecular weight is 212 g/mol. The van der Waals surface area contributed by atoms with E-state index in [1.54, 1.807) is 0 Å². The summed E-state index contributed by atoms with van der Waals surface area (Å²) in [6.45, 7) is 3.81. The van der Waals surface area contributed by atoms with Gasteiger partial charge in [0.2, 0.25) is 0 Å². The van der Waals surface area contributed by atoms with E-state index in [9.17, 15) is 0 Å². The van der Waals surface area contributed by atoms with Crippen molar-refractivity contribution in [1.29, 1.82) is 10.8 Å². The molecule has 1 aromatic rings. The highest BCUT2D eigenvalue weighted by Crippen LogP contribution is 2.10. The van der Waals surface area contributed by atoms with Gasteiger partial charge in [-0.3, -0.25) is 0 Å². The van der Waals surface area contributed by atoms with E-state index in [0.717, 1.165) is 22.3 Å². The molecule has 0 unspecified atom stereocenters. The standard InChI is InChI=1S/C14H16N2/c1-11(9-15)7-13-3-5-14(6-4-13)8-12(2)10-16/h3-10,15-16H,1-2H3/b11-7+,12-8+,15-9?,16-10?. The van der Waals surface area contributed by atoms with E-state index < -0.39 is 0 Å². The molecular formula is C14H16N2. The first kappa shape index (κ1) is 12.1. The topological polar surface area (TPSA) is 47.7 Å². The summed E-state index contributed by atoms with van der Waals surface area (Å²) < 4.78 is 0. The Balaban J connectivity index is 2.91. The first-order valence-corrected chi connectivity index (χ1v) is 5.13. The normalized spacial score (nSPS) is 12.4. The van der Waals surface area contributed by atoms with Crippen LogP contribution in [-0.2, 0) is 0 Å². The van der Waals surface area contributed by atoms with E-state index in [-0.39, 0.29) is 0 Å².